The third-order valence-corrected chi connectivity index (χ3v) is 2.32. The number of rotatable bonds is 2. The van der Waals surface area contributed by atoms with Gasteiger partial charge in [-0.05, 0) is 23.1 Å². The van der Waals surface area contributed by atoms with Crippen LogP contribution in [-0.4, -0.2) is 13.0 Å². The minimum absolute atomic E-state index is 0. The zero-order valence-corrected chi connectivity index (χ0v) is 10.7. The first kappa shape index (κ1) is 15.5. The van der Waals surface area contributed by atoms with Crippen molar-refractivity contribution in [2.45, 2.75) is 26.2 Å². The summed E-state index contributed by atoms with van der Waals surface area (Å²) in [7, 11) is -4.43. The summed E-state index contributed by atoms with van der Waals surface area (Å²) in [5.74, 6) is 0.102. The number of hydrogen-bond donors (Lipinski definition) is 1. The Morgan fingerprint density at radius 2 is 1.62 bits per heavy atom. The van der Waals surface area contributed by atoms with Crippen molar-refractivity contribution in [3.05, 3.63) is 29.8 Å². The Morgan fingerprint density at radius 3 is 1.94 bits per heavy atom. The van der Waals surface area contributed by atoms with Gasteiger partial charge in [0.1, 0.15) is 5.75 Å². The molecular weight excluding hydrogens is 223 g/mol. The Hall–Kier alpha value is -0.473. The van der Waals surface area contributed by atoms with Crippen LogP contribution in [0.5, 0.6) is 5.75 Å². The zero-order valence-electron chi connectivity index (χ0n) is 10.9. The summed E-state index contributed by atoms with van der Waals surface area (Å²) < 4.78 is 33.6. The first-order chi connectivity index (χ1) is 6.68. The Bertz CT molecular complexity index is 436. The van der Waals surface area contributed by atoms with E-state index in [9.17, 15) is 8.42 Å². The molecular formula is C10H15LiO4S. The van der Waals surface area contributed by atoms with Gasteiger partial charge in [0, 0.05) is 0 Å². The molecule has 0 aliphatic rings. The van der Waals surface area contributed by atoms with E-state index >= 15 is 0 Å². The van der Waals surface area contributed by atoms with Gasteiger partial charge in [0.05, 0.1) is 0 Å². The van der Waals surface area contributed by atoms with Crippen molar-refractivity contribution in [1.29, 1.82) is 0 Å². The van der Waals surface area contributed by atoms with Gasteiger partial charge in [-0.15, -0.1) is 0 Å². The molecule has 0 heterocycles. The van der Waals surface area contributed by atoms with Gasteiger partial charge < -0.3 is 5.61 Å². The maximum absolute atomic E-state index is 10.4. The summed E-state index contributed by atoms with van der Waals surface area (Å²) in [6, 6.07) is 6.55. The van der Waals surface area contributed by atoms with E-state index in [-0.39, 0.29) is 31.5 Å². The average molecular weight is 238 g/mol. The second-order valence-corrected chi connectivity index (χ2v) is 5.31. The van der Waals surface area contributed by atoms with Crippen LogP contribution in [-0.2, 0) is 15.8 Å². The topological polar surface area (TPSA) is 63.6 Å². The van der Waals surface area contributed by atoms with Gasteiger partial charge in [-0.25, -0.2) is 0 Å². The van der Waals surface area contributed by atoms with E-state index in [1.807, 2.05) is 20.8 Å². The van der Waals surface area contributed by atoms with E-state index < -0.39 is 10.4 Å². The molecule has 0 aliphatic heterocycles. The van der Waals surface area contributed by atoms with Crippen LogP contribution >= 0.6 is 0 Å². The second-order valence-electron chi connectivity index (χ2n) is 4.29. The van der Waals surface area contributed by atoms with Crippen LogP contribution in [0.1, 0.15) is 27.8 Å². The molecule has 6 heteroatoms. The van der Waals surface area contributed by atoms with Crippen LogP contribution in [0.25, 0.3) is 0 Å². The molecule has 0 bridgehead atoms. The molecule has 0 saturated heterocycles. The Labute approximate surface area is 110 Å². The molecule has 0 fully saturated rings. The molecule has 0 saturated carbocycles. The summed E-state index contributed by atoms with van der Waals surface area (Å²) in [5.41, 5.74) is 1.06. The molecule has 0 spiro atoms. The van der Waals surface area contributed by atoms with Gasteiger partial charge in [0.2, 0.25) is 0 Å². The molecule has 16 heavy (non-hydrogen) atoms. The minimum Gasteiger partial charge on any atom is -1.00 e. The molecule has 0 unspecified atom stereocenters. The maximum Gasteiger partial charge on any atom is 1.00 e. The maximum atomic E-state index is 10.4. The standard InChI is InChI=1S/C10H14O4S.Li.H/c1-10(2,3)8-4-6-9(7-5-8)14-15(11,12)13;;/h4-7H,1-3H3,(H,11,12,13);;/q;+1;-1. The normalized spacial score (nSPS) is 11.8. The van der Waals surface area contributed by atoms with Crippen LogP contribution < -0.4 is 23.0 Å². The van der Waals surface area contributed by atoms with Crippen molar-refractivity contribution in [2.24, 2.45) is 0 Å². The third-order valence-electron chi connectivity index (χ3n) is 1.92. The molecule has 4 nitrogen and oxygen atoms in total. The molecule has 86 valence electrons. The smallest absolute Gasteiger partial charge is 1.00 e. The fourth-order valence-corrected chi connectivity index (χ4v) is 1.49. The fraction of sp³-hybridized carbons (Fsp3) is 0.400. The van der Waals surface area contributed by atoms with Crippen molar-refractivity contribution in [3.8, 4) is 5.75 Å². The quantitative estimate of drug-likeness (QED) is 0.545. The molecule has 0 aliphatic carbocycles. The van der Waals surface area contributed by atoms with Gasteiger partial charge in [-0.3, -0.25) is 4.55 Å². The summed E-state index contributed by atoms with van der Waals surface area (Å²) >= 11 is 0. The van der Waals surface area contributed by atoms with Crippen molar-refractivity contribution >= 4 is 10.4 Å². The van der Waals surface area contributed by atoms with Gasteiger partial charge >= 0.3 is 29.3 Å². The van der Waals surface area contributed by atoms with Crippen LogP contribution in [0.2, 0.25) is 0 Å². The van der Waals surface area contributed by atoms with Gasteiger partial charge in [0.15, 0.2) is 0 Å². The molecule has 1 aromatic rings. The first-order valence-corrected chi connectivity index (χ1v) is 5.82. The number of benzene rings is 1. The summed E-state index contributed by atoms with van der Waals surface area (Å²) in [6.45, 7) is 6.14. The number of hydrogen-bond acceptors (Lipinski definition) is 3. The van der Waals surface area contributed by atoms with E-state index in [2.05, 4.69) is 4.18 Å². The molecule has 1 rings (SSSR count). The Kier molecular flexibility index (Phi) is 5.08. The summed E-state index contributed by atoms with van der Waals surface area (Å²) in [5, 5.41) is 0. The molecule has 0 aromatic heterocycles. The predicted molar refractivity (Wildman–Crippen MR) is 58.4 cm³/mol. The van der Waals surface area contributed by atoms with Crippen LogP contribution in [0.15, 0.2) is 24.3 Å². The zero-order chi connectivity index (χ0) is 11.7. The van der Waals surface area contributed by atoms with Gasteiger partial charge in [-0.2, -0.15) is 8.42 Å². The Morgan fingerprint density at radius 1 is 1.19 bits per heavy atom. The SMILES string of the molecule is CC(C)(C)c1ccc(OS(=O)(=O)O)cc1.[H-].[Li+]. The Balaban J connectivity index is 0. The average Bonchev–Trinajstić information content (AvgIpc) is 2.00. The molecule has 1 aromatic carbocycles. The summed E-state index contributed by atoms with van der Waals surface area (Å²) in [6.07, 6.45) is 0. The third kappa shape index (κ3) is 5.04. The van der Waals surface area contributed by atoms with E-state index in [1.54, 1.807) is 12.1 Å². The first-order valence-electron chi connectivity index (χ1n) is 4.46. The monoisotopic (exact) mass is 238 g/mol. The summed E-state index contributed by atoms with van der Waals surface area (Å²) in [4.78, 5) is 0. The fourth-order valence-electron chi connectivity index (χ4n) is 1.13. The van der Waals surface area contributed by atoms with Gasteiger partial charge in [-0.1, -0.05) is 32.9 Å². The largest absolute Gasteiger partial charge is 1.00 e. The van der Waals surface area contributed by atoms with Crippen molar-refractivity contribution < 1.29 is 37.4 Å². The van der Waals surface area contributed by atoms with E-state index in [1.165, 1.54) is 12.1 Å². The van der Waals surface area contributed by atoms with Gasteiger partial charge in [0.25, 0.3) is 0 Å². The van der Waals surface area contributed by atoms with E-state index in [0.29, 0.717) is 0 Å². The van der Waals surface area contributed by atoms with E-state index in [0.717, 1.165) is 5.56 Å². The van der Waals surface area contributed by atoms with E-state index in [4.69, 9.17) is 4.55 Å². The molecule has 0 radical (unpaired) electrons. The van der Waals surface area contributed by atoms with Crippen LogP contribution in [0.4, 0.5) is 0 Å². The minimum atomic E-state index is -4.43. The second kappa shape index (κ2) is 5.24. The predicted octanol–water partition coefficient (Wildman–Crippen LogP) is -0.718. The van der Waals surface area contributed by atoms with Crippen molar-refractivity contribution in [2.75, 3.05) is 0 Å². The van der Waals surface area contributed by atoms with Crippen molar-refractivity contribution in [1.82, 2.24) is 0 Å². The molecule has 0 amide bonds. The van der Waals surface area contributed by atoms with Crippen LogP contribution in [0, 0.1) is 0 Å². The van der Waals surface area contributed by atoms with Crippen molar-refractivity contribution in [3.63, 3.8) is 0 Å². The van der Waals surface area contributed by atoms with Crippen LogP contribution in [0.3, 0.4) is 0 Å². The molecule has 1 N–H and O–H groups in total. The molecule has 0 atom stereocenters.